The topological polar surface area (TPSA) is 0 Å². The van der Waals surface area contributed by atoms with Crippen LogP contribution in [0.3, 0.4) is 0 Å². The van der Waals surface area contributed by atoms with Crippen molar-refractivity contribution in [1.82, 2.24) is 0 Å². The van der Waals surface area contributed by atoms with Gasteiger partial charge in [0.05, 0.1) is 0 Å². The second-order valence-corrected chi connectivity index (χ2v) is 15.2. The number of fused-ring (bicyclic) bond motifs is 10. The molecule has 32 heavy (non-hydrogen) atoms. The molecule has 0 aromatic rings. The Bertz CT molecular complexity index is 675. The minimum atomic E-state index is 0.448. The fourth-order valence-electron chi connectivity index (χ4n) is 13.5. The van der Waals surface area contributed by atoms with Crippen LogP contribution in [-0.2, 0) is 0 Å². The lowest BCUT2D eigenvalue weighted by molar-refractivity contribution is -0.114. The van der Waals surface area contributed by atoms with Gasteiger partial charge in [0, 0.05) is 0 Å². The van der Waals surface area contributed by atoms with E-state index in [1.54, 1.807) is 77.0 Å². The monoisotopic (exact) mass is 438 g/mol. The van der Waals surface area contributed by atoms with Crippen LogP contribution in [0.5, 0.6) is 0 Å². The first-order chi connectivity index (χ1) is 15.3. The first-order valence-corrected chi connectivity index (χ1v) is 15.3. The maximum Gasteiger partial charge on any atom is -0.0171 e. The summed E-state index contributed by atoms with van der Waals surface area (Å²) in [5.74, 6) is 12.4. The molecule has 0 bridgehead atoms. The second-order valence-electron chi connectivity index (χ2n) is 15.2. The highest BCUT2D eigenvalue weighted by atomic mass is 14.8. The zero-order chi connectivity index (χ0) is 22.4. The van der Waals surface area contributed by atoms with Crippen LogP contribution in [0.15, 0.2) is 0 Å². The summed E-state index contributed by atoms with van der Waals surface area (Å²) in [6.45, 7) is 16.0. The number of rotatable bonds is 0. The van der Waals surface area contributed by atoms with Gasteiger partial charge in [-0.05, 0) is 120 Å². The van der Waals surface area contributed by atoms with Gasteiger partial charge in [-0.25, -0.2) is 0 Å². The molecule has 0 saturated heterocycles. The fourth-order valence-corrected chi connectivity index (χ4v) is 13.5. The zero-order valence-electron chi connectivity index (χ0n) is 22.4. The summed E-state index contributed by atoms with van der Waals surface area (Å²) in [6.07, 6.45) is 18.9. The number of hydrogen-bond donors (Lipinski definition) is 0. The molecule has 0 radical (unpaired) electrons. The lowest BCUT2D eigenvalue weighted by atomic mass is 9.46. The van der Waals surface area contributed by atoms with E-state index in [1.807, 2.05) is 0 Å². The highest BCUT2D eigenvalue weighted by molar-refractivity contribution is 5.22. The summed E-state index contributed by atoms with van der Waals surface area (Å²) in [7, 11) is 0. The number of hydrogen-bond acceptors (Lipinski definition) is 0. The van der Waals surface area contributed by atoms with Crippen molar-refractivity contribution < 1.29 is 0 Å². The molecule has 0 N–H and O–H groups in total. The smallest absolute Gasteiger partial charge is 0.0171 e. The molecule has 6 saturated carbocycles. The van der Waals surface area contributed by atoms with Crippen molar-refractivity contribution in [2.24, 2.45) is 81.8 Å². The molecule has 12 atom stereocenters. The van der Waals surface area contributed by atoms with E-state index in [0.29, 0.717) is 5.41 Å². The van der Waals surface area contributed by atoms with Gasteiger partial charge in [0.15, 0.2) is 0 Å². The first-order valence-electron chi connectivity index (χ1n) is 15.3. The standard InChI is InChI=1S/C32H54/c1-19-20(2)29(31(4,5)6)21(3)30-28(19)24-15-9-12-18-27(24)32(30)25-16-10-7-13-22(25)23-14-8-11-17-26(23)32/h19-30H,7-18H2,1-6H3. The van der Waals surface area contributed by atoms with Gasteiger partial charge in [-0.15, -0.1) is 0 Å². The lowest BCUT2D eigenvalue weighted by Gasteiger charge is -2.59. The van der Waals surface area contributed by atoms with Crippen molar-refractivity contribution in [1.29, 1.82) is 0 Å². The van der Waals surface area contributed by atoms with Crippen LogP contribution in [0.2, 0.25) is 0 Å². The van der Waals surface area contributed by atoms with Gasteiger partial charge in [-0.2, -0.15) is 0 Å². The van der Waals surface area contributed by atoms with E-state index in [9.17, 15) is 0 Å². The Hall–Kier alpha value is 0. The average Bonchev–Trinajstić information content (AvgIpc) is 3.24. The molecule has 6 rings (SSSR count). The van der Waals surface area contributed by atoms with E-state index in [0.717, 1.165) is 76.4 Å². The van der Waals surface area contributed by atoms with Crippen LogP contribution in [0, 0.1) is 81.8 Å². The largest absolute Gasteiger partial charge is 0.0620 e. The van der Waals surface area contributed by atoms with E-state index in [1.165, 1.54) is 0 Å². The lowest BCUT2D eigenvalue weighted by Crippen LogP contribution is -2.54. The van der Waals surface area contributed by atoms with Gasteiger partial charge >= 0.3 is 0 Å². The van der Waals surface area contributed by atoms with E-state index >= 15 is 0 Å². The van der Waals surface area contributed by atoms with Gasteiger partial charge in [-0.3, -0.25) is 0 Å². The molecular weight excluding hydrogens is 384 g/mol. The fraction of sp³-hybridized carbons (Fsp3) is 1.00. The first kappa shape index (κ1) is 22.5. The van der Waals surface area contributed by atoms with Gasteiger partial charge < -0.3 is 0 Å². The second kappa shape index (κ2) is 7.75. The van der Waals surface area contributed by atoms with Gasteiger partial charge in [0.2, 0.25) is 0 Å². The third-order valence-corrected chi connectivity index (χ3v) is 13.6. The molecular formula is C32H54. The van der Waals surface area contributed by atoms with Crippen molar-refractivity contribution in [2.75, 3.05) is 0 Å². The molecule has 6 fully saturated rings. The minimum Gasteiger partial charge on any atom is -0.0620 e. The molecule has 0 aliphatic heterocycles. The van der Waals surface area contributed by atoms with Crippen molar-refractivity contribution in [3.8, 4) is 0 Å². The summed E-state index contributed by atoms with van der Waals surface area (Å²) in [5, 5.41) is 0. The molecule has 1 spiro atoms. The minimum absolute atomic E-state index is 0.448. The molecule has 0 heteroatoms. The Labute approximate surface area is 200 Å². The summed E-state index contributed by atoms with van der Waals surface area (Å²) in [4.78, 5) is 0. The Kier molecular flexibility index (Phi) is 5.44. The third kappa shape index (κ3) is 2.80. The SMILES string of the molecule is CC1C(C)C(C(C)(C)C)C(C)C2C1C1CCCCC1C21C2CCCCC2C2CCCCC21. The summed E-state index contributed by atoms with van der Waals surface area (Å²) < 4.78 is 0. The van der Waals surface area contributed by atoms with E-state index in [4.69, 9.17) is 0 Å². The molecule has 0 aromatic heterocycles. The maximum atomic E-state index is 2.79. The van der Waals surface area contributed by atoms with Crippen LogP contribution in [-0.4, -0.2) is 0 Å². The molecule has 0 nitrogen and oxygen atoms in total. The maximum absolute atomic E-state index is 2.79. The van der Waals surface area contributed by atoms with E-state index in [2.05, 4.69) is 41.5 Å². The van der Waals surface area contributed by atoms with Crippen LogP contribution in [0.4, 0.5) is 0 Å². The summed E-state index contributed by atoms with van der Waals surface area (Å²) in [5.41, 5.74) is 1.19. The Morgan fingerprint density at radius 1 is 0.531 bits per heavy atom. The highest BCUT2D eigenvalue weighted by Gasteiger charge is 2.74. The molecule has 6 aliphatic carbocycles. The van der Waals surface area contributed by atoms with E-state index < -0.39 is 0 Å². The van der Waals surface area contributed by atoms with E-state index in [-0.39, 0.29) is 0 Å². The quantitative estimate of drug-likeness (QED) is 0.353. The van der Waals surface area contributed by atoms with Gasteiger partial charge in [0.1, 0.15) is 0 Å². The molecule has 182 valence electrons. The summed E-state index contributed by atoms with van der Waals surface area (Å²) >= 11 is 0. The molecule has 0 amide bonds. The Morgan fingerprint density at radius 2 is 0.969 bits per heavy atom. The predicted molar refractivity (Wildman–Crippen MR) is 136 cm³/mol. The zero-order valence-corrected chi connectivity index (χ0v) is 22.4. The van der Waals surface area contributed by atoms with Crippen LogP contribution >= 0.6 is 0 Å². The van der Waals surface area contributed by atoms with Crippen LogP contribution in [0.25, 0.3) is 0 Å². The Balaban J connectivity index is 1.54. The van der Waals surface area contributed by atoms with Crippen LogP contribution < -0.4 is 0 Å². The summed E-state index contributed by atoms with van der Waals surface area (Å²) in [6, 6.07) is 0. The average molecular weight is 439 g/mol. The van der Waals surface area contributed by atoms with Gasteiger partial charge in [-0.1, -0.05) is 80.1 Å². The molecule has 12 unspecified atom stereocenters. The van der Waals surface area contributed by atoms with Crippen molar-refractivity contribution in [2.45, 2.75) is 119 Å². The normalized spacial score (nSPS) is 57.6. The van der Waals surface area contributed by atoms with Crippen molar-refractivity contribution in [3.63, 3.8) is 0 Å². The van der Waals surface area contributed by atoms with Crippen molar-refractivity contribution >= 4 is 0 Å². The Morgan fingerprint density at radius 3 is 1.47 bits per heavy atom. The predicted octanol–water partition coefficient (Wildman–Crippen LogP) is 9.24. The third-order valence-electron chi connectivity index (χ3n) is 13.6. The molecule has 0 aromatic carbocycles. The highest BCUT2D eigenvalue weighted by Crippen LogP contribution is 2.79. The van der Waals surface area contributed by atoms with Crippen LogP contribution in [0.1, 0.15) is 119 Å². The van der Waals surface area contributed by atoms with Gasteiger partial charge in [0.25, 0.3) is 0 Å². The molecule has 0 heterocycles. The molecule has 6 aliphatic rings. The van der Waals surface area contributed by atoms with Crippen molar-refractivity contribution in [3.05, 3.63) is 0 Å².